The van der Waals surface area contributed by atoms with Crippen molar-refractivity contribution in [1.29, 1.82) is 0 Å². The minimum absolute atomic E-state index is 0.00456. The van der Waals surface area contributed by atoms with Crippen LogP contribution in [0.1, 0.15) is 32.6 Å². The average molecular weight is 296 g/mol. The predicted octanol–water partition coefficient (Wildman–Crippen LogP) is 2.22. The third kappa shape index (κ3) is 4.57. The first-order valence-corrected chi connectivity index (χ1v) is 6.60. The van der Waals surface area contributed by atoms with Gasteiger partial charge >= 0.3 is 18.2 Å². The van der Waals surface area contributed by atoms with E-state index in [1.165, 1.54) is 0 Å². The number of likely N-dealkylation sites (tertiary alicyclic amines) is 1. The molecule has 1 unspecified atom stereocenters. The standard InChI is InChI=1S/C12H19F3N2O3/c1-2-4-9(10(18)19)16-11(20)17-6-3-5-8(7-17)12(13,14)15/h8-9H,2-7H2,1H3,(H,16,20)(H,18,19)/t8?,9-/m1/s1. The number of hydrogen-bond acceptors (Lipinski definition) is 2. The van der Waals surface area contributed by atoms with Gasteiger partial charge in [-0.2, -0.15) is 13.2 Å². The van der Waals surface area contributed by atoms with Crippen molar-refractivity contribution in [3.05, 3.63) is 0 Å². The van der Waals surface area contributed by atoms with Gasteiger partial charge in [0, 0.05) is 13.1 Å². The first-order chi connectivity index (χ1) is 9.25. The van der Waals surface area contributed by atoms with Crippen LogP contribution in [0.5, 0.6) is 0 Å². The summed E-state index contributed by atoms with van der Waals surface area (Å²) in [6, 6.07) is -1.79. The van der Waals surface area contributed by atoms with Gasteiger partial charge in [-0.3, -0.25) is 0 Å². The molecule has 1 rings (SSSR count). The molecule has 2 N–H and O–H groups in total. The summed E-state index contributed by atoms with van der Waals surface area (Å²) in [7, 11) is 0. The number of urea groups is 1. The number of nitrogens with zero attached hydrogens (tertiary/aromatic N) is 1. The molecule has 2 amide bonds. The first-order valence-electron chi connectivity index (χ1n) is 6.60. The largest absolute Gasteiger partial charge is 0.480 e. The van der Waals surface area contributed by atoms with Gasteiger partial charge < -0.3 is 15.3 Å². The van der Waals surface area contributed by atoms with Crippen LogP contribution < -0.4 is 5.32 Å². The Balaban J connectivity index is 2.60. The fourth-order valence-corrected chi connectivity index (χ4v) is 2.22. The van der Waals surface area contributed by atoms with Crippen molar-refractivity contribution in [3.63, 3.8) is 0 Å². The third-order valence-corrected chi connectivity index (χ3v) is 3.34. The van der Waals surface area contributed by atoms with E-state index in [0.29, 0.717) is 6.42 Å². The van der Waals surface area contributed by atoms with E-state index in [4.69, 9.17) is 5.11 Å². The predicted molar refractivity (Wildman–Crippen MR) is 65.2 cm³/mol. The van der Waals surface area contributed by atoms with Crippen LogP contribution in [0, 0.1) is 5.92 Å². The molecule has 0 aliphatic carbocycles. The molecule has 0 radical (unpaired) electrons. The number of carboxylic acids is 1. The minimum Gasteiger partial charge on any atom is -0.480 e. The van der Waals surface area contributed by atoms with E-state index in [-0.39, 0.29) is 25.8 Å². The smallest absolute Gasteiger partial charge is 0.393 e. The first kappa shape index (κ1) is 16.6. The Kier molecular flexibility index (Phi) is 5.64. The molecular formula is C12H19F3N2O3. The van der Waals surface area contributed by atoms with Gasteiger partial charge in [0.1, 0.15) is 6.04 Å². The highest BCUT2D eigenvalue weighted by molar-refractivity contribution is 5.82. The molecule has 1 saturated heterocycles. The second kappa shape index (κ2) is 6.81. The van der Waals surface area contributed by atoms with Crippen molar-refractivity contribution in [2.75, 3.05) is 13.1 Å². The van der Waals surface area contributed by atoms with Crippen LogP contribution >= 0.6 is 0 Å². The quantitative estimate of drug-likeness (QED) is 0.835. The fourth-order valence-electron chi connectivity index (χ4n) is 2.22. The van der Waals surface area contributed by atoms with E-state index < -0.39 is 36.7 Å². The molecule has 5 nitrogen and oxygen atoms in total. The number of halogens is 3. The molecule has 0 aromatic carbocycles. The van der Waals surface area contributed by atoms with Crippen LogP contribution in [0.15, 0.2) is 0 Å². The van der Waals surface area contributed by atoms with Crippen LogP contribution in [0.3, 0.4) is 0 Å². The minimum atomic E-state index is -4.32. The normalized spacial score (nSPS) is 21.4. The lowest BCUT2D eigenvalue weighted by Crippen LogP contribution is -2.52. The Hall–Kier alpha value is -1.47. The maximum absolute atomic E-state index is 12.6. The number of aliphatic carboxylic acids is 1. The molecule has 0 saturated carbocycles. The second-order valence-corrected chi connectivity index (χ2v) is 4.96. The van der Waals surface area contributed by atoms with E-state index >= 15 is 0 Å². The maximum atomic E-state index is 12.6. The maximum Gasteiger partial charge on any atom is 0.393 e. The molecule has 1 heterocycles. The van der Waals surface area contributed by atoms with Crippen molar-refractivity contribution >= 4 is 12.0 Å². The number of piperidine rings is 1. The van der Waals surface area contributed by atoms with Crippen LogP contribution in [0.2, 0.25) is 0 Å². The van der Waals surface area contributed by atoms with Gasteiger partial charge in [0.05, 0.1) is 5.92 Å². The highest BCUT2D eigenvalue weighted by Crippen LogP contribution is 2.33. The van der Waals surface area contributed by atoms with E-state index in [9.17, 15) is 22.8 Å². The lowest BCUT2D eigenvalue weighted by atomic mass is 9.98. The number of carbonyl (C=O) groups excluding carboxylic acids is 1. The molecule has 20 heavy (non-hydrogen) atoms. The Morgan fingerprint density at radius 2 is 2.10 bits per heavy atom. The van der Waals surface area contributed by atoms with Gasteiger partial charge in [0.25, 0.3) is 0 Å². The summed E-state index contributed by atoms with van der Waals surface area (Å²) in [5.41, 5.74) is 0. The molecule has 0 aromatic rings. The zero-order valence-corrected chi connectivity index (χ0v) is 11.2. The number of rotatable bonds is 4. The third-order valence-electron chi connectivity index (χ3n) is 3.34. The van der Waals surface area contributed by atoms with Gasteiger partial charge in [0.2, 0.25) is 0 Å². The number of amides is 2. The summed E-state index contributed by atoms with van der Waals surface area (Å²) in [5, 5.41) is 11.2. The topological polar surface area (TPSA) is 69.6 Å². The SMILES string of the molecule is CCC[C@@H](NC(=O)N1CCCC(C(F)(F)F)C1)C(=O)O. The number of carbonyl (C=O) groups is 2. The van der Waals surface area contributed by atoms with Crippen LogP contribution in [0.4, 0.5) is 18.0 Å². The monoisotopic (exact) mass is 296 g/mol. The van der Waals surface area contributed by atoms with Crippen molar-refractivity contribution in [1.82, 2.24) is 10.2 Å². The number of carboxylic acid groups (broad SMARTS) is 1. The molecule has 116 valence electrons. The second-order valence-electron chi connectivity index (χ2n) is 4.96. The summed E-state index contributed by atoms with van der Waals surface area (Å²) in [4.78, 5) is 23.8. The van der Waals surface area contributed by atoms with Crippen LogP contribution in [-0.2, 0) is 4.79 Å². The Morgan fingerprint density at radius 3 is 2.60 bits per heavy atom. The van der Waals surface area contributed by atoms with Gasteiger partial charge in [-0.1, -0.05) is 13.3 Å². The molecule has 1 aliphatic rings. The summed E-state index contributed by atoms with van der Waals surface area (Å²) >= 11 is 0. The molecule has 8 heteroatoms. The fraction of sp³-hybridized carbons (Fsp3) is 0.833. The van der Waals surface area contributed by atoms with Crippen molar-refractivity contribution in [2.24, 2.45) is 5.92 Å². The van der Waals surface area contributed by atoms with Crippen LogP contribution in [-0.4, -0.2) is 47.3 Å². The molecule has 1 aliphatic heterocycles. The van der Waals surface area contributed by atoms with Crippen LogP contribution in [0.25, 0.3) is 0 Å². The molecule has 1 fully saturated rings. The van der Waals surface area contributed by atoms with Gasteiger partial charge in [-0.25, -0.2) is 9.59 Å². The van der Waals surface area contributed by atoms with Crippen molar-refractivity contribution in [3.8, 4) is 0 Å². The zero-order chi connectivity index (χ0) is 15.3. The van der Waals surface area contributed by atoms with Gasteiger partial charge in [-0.05, 0) is 19.3 Å². The molecule has 0 spiro atoms. The Morgan fingerprint density at radius 1 is 1.45 bits per heavy atom. The van der Waals surface area contributed by atoms with Crippen molar-refractivity contribution in [2.45, 2.75) is 44.8 Å². The zero-order valence-electron chi connectivity index (χ0n) is 11.2. The number of nitrogens with one attached hydrogen (secondary N) is 1. The lowest BCUT2D eigenvalue weighted by molar-refractivity contribution is -0.184. The molecule has 0 bridgehead atoms. The lowest BCUT2D eigenvalue weighted by Gasteiger charge is -2.34. The molecular weight excluding hydrogens is 277 g/mol. The average Bonchev–Trinajstić information content (AvgIpc) is 2.37. The molecule has 2 atom stereocenters. The Labute approximate surface area is 115 Å². The summed E-state index contributed by atoms with van der Waals surface area (Å²) in [5.74, 6) is -2.71. The summed E-state index contributed by atoms with van der Waals surface area (Å²) in [6.45, 7) is 1.58. The molecule has 0 aromatic heterocycles. The highest BCUT2D eigenvalue weighted by atomic mass is 19.4. The Bertz CT molecular complexity index is 360. The van der Waals surface area contributed by atoms with Gasteiger partial charge in [0.15, 0.2) is 0 Å². The van der Waals surface area contributed by atoms with Gasteiger partial charge in [-0.15, -0.1) is 0 Å². The number of hydrogen-bond donors (Lipinski definition) is 2. The summed E-state index contributed by atoms with van der Waals surface area (Å²) < 4.78 is 37.9. The highest BCUT2D eigenvalue weighted by Gasteiger charge is 2.42. The van der Waals surface area contributed by atoms with E-state index in [2.05, 4.69) is 5.32 Å². The number of alkyl halides is 3. The summed E-state index contributed by atoms with van der Waals surface area (Å²) in [6.07, 6.45) is -3.25. The van der Waals surface area contributed by atoms with E-state index in [1.54, 1.807) is 6.92 Å². The van der Waals surface area contributed by atoms with E-state index in [1.807, 2.05) is 0 Å². The van der Waals surface area contributed by atoms with Crippen molar-refractivity contribution < 1.29 is 27.9 Å². The van der Waals surface area contributed by atoms with E-state index in [0.717, 1.165) is 4.90 Å².